The van der Waals surface area contributed by atoms with Crippen LogP contribution in [0.25, 0.3) is 0 Å². The highest BCUT2D eigenvalue weighted by molar-refractivity contribution is 5.97. The van der Waals surface area contributed by atoms with Gasteiger partial charge in [0.15, 0.2) is 0 Å². The first-order valence-corrected chi connectivity index (χ1v) is 6.23. The second-order valence-corrected chi connectivity index (χ2v) is 5.01. The van der Waals surface area contributed by atoms with Gasteiger partial charge in [0.2, 0.25) is 0 Å². The van der Waals surface area contributed by atoms with Crippen molar-refractivity contribution in [1.29, 1.82) is 0 Å². The molecule has 2 atom stereocenters. The van der Waals surface area contributed by atoms with Crippen molar-refractivity contribution in [3.8, 4) is 5.75 Å². The number of hydrogen-bond acceptors (Lipinski definition) is 3. The number of nitrogens with one attached hydrogen (secondary N) is 1. The predicted molar refractivity (Wildman–Crippen MR) is 64.6 cm³/mol. The summed E-state index contributed by atoms with van der Waals surface area (Å²) in [7, 11) is 1.59. The Balaban J connectivity index is 2.06. The molecule has 0 aromatic heterocycles. The molecule has 2 heterocycles. The van der Waals surface area contributed by atoms with Crippen molar-refractivity contribution in [1.82, 2.24) is 10.2 Å². The predicted octanol–water partition coefficient (Wildman–Crippen LogP) is 1.51. The average Bonchev–Trinajstić information content (AvgIpc) is 2.81. The molecule has 0 aliphatic carbocycles. The molecule has 0 bridgehead atoms. The Labute approximate surface area is 113 Å². The van der Waals surface area contributed by atoms with Crippen LogP contribution in [0.2, 0.25) is 0 Å². The SMILES string of the molecule is CN1C(=O)c2cc(C(F)(F)F)ccc2OC2CNCC21. The fourth-order valence-electron chi connectivity index (χ4n) is 2.63. The number of nitrogens with zero attached hydrogens (tertiary/aromatic N) is 1. The summed E-state index contributed by atoms with van der Waals surface area (Å²) in [5, 5.41) is 3.11. The third kappa shape index (κ3) is 2.02. The lowest BCUT2D eigenvalue weighted by Crippen LogP contribution is -2.44. The second-order valence-electron chi connectivity index (χ2n) is 5.01. The summed E-state index contributed by atoms with van der Waals surface area (Å²) in [5.74, 6) is -0.228. The number of benzene rings is 1. The number of ether oxygens (including phenoxy) is 1. The van der Waals surface area contributed by atoms with Crippen molar-refractivity contribution in [3.63, 3.8) is 0 Å². The molecule has 4 nitrogen and oxygen atoms in total. The molecule has 1 saturated heterocycles. The van der Waals surface area contributed by atoms with Crippen LogP contribution in [0.15, 0.2) is 18.2 Å². The third-order valence-corrected chi connectivity index (χ3v) is 3.76. The normalized spacial score (nSPS) is 25.8. The molecule has 0 saturated carbocycles. The van der Waals surface area contributed by atoms with Gasteiger partial charge >= 0.3 is 6.18 Å². The molecule has 1 N–H and O–H groups in total. The maximum absolute atomic E-state index is 12.7. The molecule has 1 amide bonds. The number of hydrogen-bond donors (Lipinski definition) is 1. The standard InChI is InChI=1S/C13H13F3N2O2/c1-18-9-5-17-6-11(9)20-10-3-2-7(13(14,15)16)4-8(10)12(18)19/h2-4,9,11,17H,5-6H2,1H3. The summed E-state index contributed by atoms with van der Waals surface area (Å²) in [6, 6.07) is 2.87. The third-order valence-electron chi connectivity index (χ3n) is 3.76. The van der Waals surface area contributed by atoms with Gasteiger partial charge in [0.25, 0.3) is 5.91 Å². The second kappa shape index (κ2) is 4.37. The summed E-state index contributed by atoms with van der Waals surface area (Å²) in [5.41, 5.74) is -0.872. The first kappa shape index (κ1) is 13.2. The van der Waals surface area contributed by atoms with Gasteiger partial charge in [-0.2, -0.15) is 13.2 Å². The van der Waals surface area contributed by atoms with Crippen LogP contribution in [-0.2, 0) is 6.18 Å². The number of carbonyl (C=O) groups is 1. The topological polar surface area (TPSA) is 41.6 Å². The van der Waals surface area contributed by atoms with E-state index in [1.165, 1.54) is 11.0 Å². The minimum atomic E-state index is -4.47. The molecular formula is C13H13F3N2O2. The maximum Gasteiger partial charge on any atom is 0.416 e. The molecule has 1 fully saturated rings. The average molecular weight is 286 g/mol. The molecule has 108 valence electrons. The molecular weight excluding hydrogens is 273 g/mol. The summed E-state index contributed by atoms with van der Waals surface area (Å²) in [6.45, 7) is 1.15. The molecule has 1 aromatic rings. The van der Waals surface area contributed by atoms with Crippen LogP contribution in [0, 0.1) is 0 Å². The number of amides is 1. The zero-order chi connectivity index (χ0) is 14.5. The van der Waals surface area contributed by atoms with Gasteiger partial charge in [-0.25, -0.2) is 0 Å². The molecule has 20 heavy (non-hydrogen) atoms. The zero-order valence-electron chi connectivity index (χ0n) is 10.7. The summed E-state index contributed by atoms with van der Waals surface area (Å²) in [6.07, 6.45) is -4.71. The van der Waals surface area contributed by atoms with E-state index < -0.39 is 17.6 Å². The van der Waals surface area contributed by atoms with Crippen molar-refractivity contribution >= 4 is 5.91 Å². The van der Waals surface area contributed by atoms with Crippen LogP contribution in [0.3, 0.4) is 0 Å². The molecule has 0 spiro atoms. The fraction of sp³-hybridized carbons (Fsp3) is 0.462. The lowest BCUT2D eigenvalue weighted by Gasteiger charge is -2.24. The van der Waals surface area contributed by atoms with Gasteiger partial charge in [0.1, 0.15) is 11.9 Å². The Bertz CT molecular complexity index is 559. The van der Waals surface area contributed by atoms with Crippen molar-refractivity contribution in [2.24, 2.45) is 0 Å². The molecule has 7 heteroatoms. The van der Waals surface area contributed by atoms with Crippen LogP contribution in [0.5, 0.6) is 5.75 Å². The highest BCUT2D eigenvalue weighted by Gasteiger charge is 2.40. The Morgan fingerprint density at radius 2 is 2.10 bits per heavy atom. The van der Waals surface area contributed by atoms with Gasteiger partial charge in [0, 0.05) is 20.1 Å². The van der Waals surface area contributed by atoms with Crippen LogP contribution in [0.1, 0.15) is 15.9 Å². The van der Waals surface area contributed by atoms with E-state index in [-0.39, 0.29) is 23.5 Å². The smallest absolute Gasteiger partial charge is 0.416 e. The molecule has 3 rings (SSSR count). The maximum atomic E-state index is 12.7. The highest BCUT2D eigenvalue weighted by atomic mass is 19.4. The number of carbonyl (C=O) groups excluding carboxylic acids is 1. The van der Waals surface area contributed by atoms with Crippen LogP contribution in [-0.4, -0.2) is 43.1 Å². The minimum absolute atomic E-state index is 0.0308. The van der Waals surface area contributed by atoms with Gasteiger partial charge in [-0.1, -0.05) is 0 Å². The first-order valence-electron chi connectivity index (χ1n) is 6.23. The van der Waals surface area contributed by atoms with Crippen molar-refractivity contribution < 1.29 is 22.7 Å². The van der Waals surface area contributed by atoms with Crippen LogP contribution < -0.4 is 10.1 Å². The Hall–Kier alpha value is -1.76. The molecule has 2 aliphatic heterocycles. The van der Waals surface area contributed by atoms with E-state index in [4.69, 9.17) is 4.74 Å². The first-order chi connectivity index (χ1) is 9.38. The van der Waals surface area contributed by atoms with E-state index in [1.807, 2.05) is 0 Å². The van der Waals surface area contributed by atoms with Crippen molar-refractivity contribution in [2.45, 2.75) is 18.3 Å². The summed E-state index contributed by atoms with van der Waals surface area (Å²) in [4.78, 5) is 13.8. The van der Waals surface area contributed by atoms with E-state index >= 15 is 0 Å². The van der Waals surface area contributed by atoms with Crippen LogP contribution in [0.4, 0.5) is 13.2 Å². The Morgan fingerprint density at radius 1 is 1.35 bits per heavy atom. The number of halogens is 3. The lowest BCUT2D eigenvalue weighted by atomic mass is 10.1. The highest BCUT2D eigenvalue weighted by Crippen LogP contribution is 2.35. The molecule has 2 unspecified atom stereocenters. The summed E-state index contributed by atoms with van der Waals surface area (Å²) >= 11 is 0. The Kier molecular flexibility index (Phi) is 2.89. The van der Waals surface area contributed by atoms with Crippen molar-refractivity contribution in [3.05, 3.63) is 29.3 Å². The monoisotopic (exact) mass is 286 g/mol. The van der Waals surface area contributed by atoms with Gasteiger partial charge in [0.05, 0.1) is 17.2 Å². The number of likely N-dealkylation sites (N-methyl/N-ethyl adjacent to an activating group) is 1. The van der Waals surface area contributed by atoms with Crippen LogP contribution >= 0.6 is 0 Å². The van der Waals surface area contributed by atoms with Gasteiger partial charge < -0.3 is 15.0 Å². The Morgan fingerprint density at radius 3 is 2.80 bits per heavy atom. The number of fused-ring (bicyclic) bond motifs is 2. The zero-order valence-corrected chi connectivity index (χ0v) is 10.7. The lowest BCUT2D eigenvalue weighted by molar-refractivity contribution is -0.137. The van der Waals surface area contributed by atoms with E-state index in [2.05, 4.69) is 5.32 Å². The van der Waals surface area contributed by atoms with E-state index in [9.17, 15) is 18.0 Å². The van der Waals surface area contributed by atoms with Gasteiger partial charge in [-0.05, 0) is 18.2 Å². The number of alkyl halides is 3. The van der Waals surface area contributed by atoms with Gasteiger partial charge in [-0.3, -0.25) is 4.79 Å². The molecule has 1 aromatic carbocycles. The number of rotatable bonds is 0. The van der Waals surface area contributed by atoms with Gasteiger partial charge in [-0.15, -0.1) is 0 Å². The minimum Gasteiger partial charge on any atom is -0.486 e. The largest absolute Gasteiger partial charge is 0.486 e. The van der Waals surface area contributed by atoms with Crippen molar-refractivity contribution in [2.75, 3.05) is 20.1 Å². The molecule has 0 radical (unpaired) electrons. The van der Waals surface area contributed by atoms with E-state index in [0.717, 1.165) is 12.1 Å². The van der Waals surface area contributed by atoms with E-state index in [0.29, 0.717) is 13.1 Å². The molecule has 2 aliphatic rings. The quantitative estimate of drug-likeness (QED) is 0.786. The summed E-state index contributed by atoms with van der Waals surface area (Å²) < 4.78 is 43.9. The fourth-order valence-corrected chi connectivity index (χ4v) is 2.63. The van der Waals surface area contributed by atoms with E-state index in [1.54, 1.807) is 7.05 Å².